The van der Waals surface area contributed by atoms with Crippen LogP contribution in [0.5, 0.6) is 0 Å². The molecule has 0 unspecified atom stereocenters. The summed E-state index contributed by atoms with van der Waals surface area (Å²) in [7, 11) is -1.24. The van der Waals surface area contributed by atoms with Gasteiger partial charge in [-0.1, -0.05) is 31.3 Å². The normalized spacial score (nSPS) is 12.7. The Morgan fingerprint density at radius 2 is 1.90 bits per heavy atom. The van der Waals surface area contributed by atoms with Gasteiger partial charge in [-0.05, 0) is 40.5 Å². The third kappa shape index (κ3) is 8.98. The molecule has 0 amide bonds. The van der Waals surface area contributed by atoms with E-state index in [0.717, 1.165) is 19.3 Å². The van der Waals surface area contributed by atoms with E-state index in [9.17, 15) is 4.79 Å². The second-order valence-corrected chi connectivity index (χ2v) is 11.7. The van der Waals surface area contributed by atoms with Crippen LogP contribution in [0.2, 0.25) is 19.6 Å². The number of carbonyl (C=O) groups is 1. The van der Waals surface area contributed by atoms with Gasteiger partial charge in [-0.2, -0.15) is 0 Å². The molecule has 0 fully saturated rings. The molecule has 0 heterocycles. The van der Waals surface area contributed by atoms with Crippen LogP contribution < -0.4 is 0 Å². The zero-order valence-electron chi connectivity index (χ0n) is 14.2. The van der Waals surface area contributed by atoms with Gasteiger partial charge in [0.2, 0.25) is 0 Å². The molecule has 0 aromatic carbocycles. The van der Waals surface area contributed by atoms with Gasteiger partial charge in [-0.25, -0.2) is 0 Å². The Bertz CT molecular complexity index is 403. The summed E-state index contributed by atoms with van der Waals surface area (Å²) in [6, 6.07) is 0. The Morgan fingerprint density at radius 1 is 1.30 bits per heavy atom. The largest absolute Gasteiger partial charge is 0.466 e. The standard InChI is InChI=1S/C17H30O2Si/c1-8-19-16(18)17(3,4)13-12-15(2)11-9-10-14-20(5,6)7/h12H,8-9,11,13H2,1-7H3/b15-12+. The van der Waals surface area contributed by atoms with Crippen LogP contribution in [-0.4, -0.2) is 20.7 Å². The van der Waals surface area contributed by atoms with E-state index in [2.05, 4.69) is 44.1 Å². The van der Waals surface area contributed by atoms with Crippen molar-refractivity contribution in [3.8, 4) is 11.5 Å². The topological polar surface area (TPSA) is 26.3 Å². The van der Waals surface area contributed by atoms with Crippen molar-refractivity contribution in [3.63, 3.8) is 0 Å². The number of rotatable bonds is 6. The first kappa shape index (κ1) is 19.0. The SMILES string of the molecule is CCOC(=O)C(C)(C)C/C=C(\C)CCC#C[Si](C)(C)C. The van der Waals surface area contributed by atoms with Crippen LogP contribution in [0.15, 0.2) is 11.6 Å². The van der Waals surface area contributed by atoms with Crippen LogP contribution >= 0.6 is 0 Å². The van der Waals surface area contributed by atoms with Gasteiger partial charge >= 0.3 is 5.97 Å². The number of hydrogen-bond donors (Lipinski definition) is 0. The predicted octanol–water partition coefficient (Wildman–Crippen LogP) is 4.57. The molecular weight excluding hydrogens is 264 g/mol. The molecule has 3 heteroatoms. The lowest BCUT2D eigenvalue weighted by Crippen LogP contribution is -2.26. The maximum Gasteiger partial charge on any atom is 0.311 e. The highest BCUT2D eigenvalue weighted by Crippen LogP contribution is 2.24. The van der Waals surface area contributed by atoms with Crippen LogP contribution in [0, 0.1) is 16.9 Å². The maximum absolute atomic E-state index is 11.8. The van der Waals surface area contributed by atoms with Crippen molar-refractivity contribution in [2.45, 2.75) is 66.6 Å². The lowest BCUT2D eigenvalue weighted by atomic mass is 9.88. The molecule has 0 aliphatic heterocycles. The molecule has 0 aliphatic rings. The van der Waals surface area contributed by atoms with E-state index in [-0.39, 0.29) is 5.97 Å². The van der Waals surface area contributed by atoms with Crippen molar-refractivity contribution in [2.75, 3.05) is 6.61 Å². The predicted molar refractivity (Wildman–Crippen MR) is 89.1 cm³/mol. The van der Waals surface area contributed by atoms with Gasteiger partial charge in [-0.15, -0.1) is 11.5 Å². The summed E-state index contributed by atoms with van der Waals surface area (Å²) in [5, 5.41) is 0. The maximum atomic E-state index is 11.8. The van der Waals surface area contributed by atoms with Gasteiger partial charge in [0.1, 0.15) is 8.07 Å². The Hall–Kier alpha value is -1.01. The molecule has 0 saturated carbocycles. The summed E-state index contributed by atoms with van der Waals surface area (Å²) >= 11 is 0. The average molecular weight is 295 g/mol. The molecule has 0 spiro atoms. The Morgan fingerprint density at radius 3 is 2.40 bits per heavy atom. The molecule has 0 saturated heterocycles. The van der Waals surface area contributed by atoms with Crippen LogP contribution in [0.1, 0.15) is 47.0 Å². The summed E-state index contributed by atoms with van der Waals surface area (Å²) in [5.41, 5.74) is 4.23. The molecule has 0 aliphatic carbocycles. The minimum atomic E-state index is -1.24. The minimum absolute atomic E-state index is 0.123. The van der Waals surface area contributed by atoms with Gasteiger partial charge < -0.3 is 4.74 Å². The smallest absolute Gasteiger partial charge is 0.311 e. The van der Waals surface area contributed by atoms with E-state index in [1.807, 2.05) is 20.8 Å². The summed E-state index contributed by atoms with van der Waals surface area (Å²) in [5.74, 6) is 3.15. The van der Waals surface area contributed by atoms with Gasteiger partial charge in [0.15, 0.2) is 0 Å². The lowest BCUT2D eigenvalue weighted by molar-refractivity contribution is -0.153. The first-order chi connectivity index (χ1) is 9.08. The first-order valence-electron chi connectivity index (χ1n) is 7.41. The number of carbonyl (C=O) groups excluding carboxylic acids is 1. The van der Waals surface area contributed by atoms with Crippen LogP contribution in [0.25, 0.3) is 0 Å². The molecule has 114 valence electrons. The van der Waals surface area contributed by atoms with E-state index >= 15 is 0 Å². The molecule has 20 heavy (non-hydrogen) atoms. The number of hydrogen-bond acceptors (Lipinski definition) is 2. The van der Waals surface area contributed by atoms with E-state index in [4.69, 9.17) is 4.74 Å². The van der Waals surface area contributed by atoms with Gasteiger partial charge in [-0.3, -0.25) is 4.79 Å². The molecule has 2 nitrogen and oxygen atoms in total. The molecule has 0 bridgehead atoms. The molecule has 0 aromatic heterocycles. The van der Waals surface area contributed by atoms with E-state index in [0.29, 0.717) is 6.61 Å². The number of allylic oxidation sites excluding steroid dienone is 2. The molecule has 0 aromatic rings. The fourth-order valence-electron chi connectivity index (χ4n) is 1.53. The Kier molecular flexibility index (Phi) is 7.89. The summed E-state index contributed by atoms with van der Waals surface area (Å²) in [6.45, 7) is 15.0. The molecule has 0 radical (unpaired) electrons. The van der Waals surface area contributed by atoms with E-state index in [1.165, 1.54) is 5.57 Å². The monoisotopic (exact) mass is 294 g/mol. The van der Waals surface area contributed by atoms with Crippen molar-refractivity contribution in [3.05, 3.63) is 11.6 Å². The highest BCUT2D eigenvalue weighted by atomic mass is 28.3. The summed E-state index contributed by atoms with van der Waals surface area (Å²) < 4.78 is 5.09. The zero-order valence-corrected chi connectivity index (χ0v) is 15.2. The summed E-state index contributed by atoms with van der Waals surface area (Å²) in [4.78, 5) is 11.8. The lowest BCUT2D eigenvalue weighted by Gasteiger charge is -2.20. The zero-order chi connectivity index (χ0) is 15.8. The van der Waals surface area contributed by atoms with Gasteiger partial charge in [0.05, 0.1) is 12.0 Å². The number of ether oxygens (including phenoxy) is 1. The van der Waals surface area contributed by atoms with Gasteiger partial charge in [0.25, 0.3) is 0 Å². The quantitative estimate of drug-likeness (QED) is 0.310. The highest BCUT2D eigenvalue weighted by molar-refractivity contribution is 6.83. The summed E-state index contributed by atoms with van der Waals surface area (Å²) in [6.07, 6.45) is 4.76. The van der Waals surface area contributed by atoms with Crippen molar-refractivity contribution < 1.29 is 9.53 Å². The Labute approximate surface area is 126 Å². The molecular formula is C17H30O2Si. The van der Waals surface area contributed by atoms with Crippen LogP contribution in [0.3, 0.4) is 0 Å². The Balaban J connectivity index is 4.32. The first-order valence-corrected chi connectivity index (χ1v) is 10.9. The minimum Gasteiger partial charge on any atom is -0.466 e. The van der Waals surface area contributed by atoms with Crippen LogP contribution in [0.4, 0.5) is 0 Å². The fourth-order valence-corrected chi connectivity index (χ4v) is 2.18. The van der Waals surface area contributed by atoms with Crippen LogP contribution in [-0.2, 0) is 9.53 Å². The van der Waals surface area contributed by atoms with E-state index in [1.54, 1.807) is 0 Å². The third-order valence-electron chi connectivity index (χ3n) is 2.90. The average Bonchev–Trinajstić information content (AvgIpc) is 2.31. The second-order valence-electron chi connectivity index (χ2n) is 6.91. The van der Waals surface area contributed by atoms with Crippen molar-refractivity contribution in [1.82, 2.24) is 0 Å². The number of esters is 1. The highest BCUT2D eigenvalue weighted by Gasteiger charge is 2.27. The molecule has 0 atom stereocenters. The van der Waals surface area contributed by atoms with Crippen molar-refractivity contribution in [2.24, 2.45) is 5.41 Å². The third-order valence-corrected chi connectivity index (χ3v) is 3.82. The van der Waals surface area contributed by atoms with Gasteiger partial charge in [0, 0.05) is 6.42 Å². The molecule has 0 rings (SSSR count). The molecule has 0 N–H and O–H groups in total. The van der Waals surface area contributed by atoms with E-state index < -0.39 is 13.5 Å². The van der Waals surface area contributed by atoms with Crippen molar-refractivity contribution in [1.29, 1.82) is 0 Å². The fraction of sp³-hybridized carbons (Fsp3) is 0.706. The second kappa shape index (κ2) is 8.31. The van der Waals surface area contributed by atoms with Crippen molar-refractivity contribution >= 4 is 14.0 Å².